The van der Waals surface area contributed by atoms with Gasteiger partial charge in [0.1, 0.15) is 0 Å². The van der Waals surface area contributed by atoms with Crippen LogP contribution in [0.4, 0.5) is 0 Å². The van der Waals surface area contributed by atoms with E-state index in [1.54, 1.807) is 17.1 Å². The van der Waals surface area contributed by atoms with Gasteiger partial charge in [-0.2, -0.15) is 0 Å². The standard InChI is InChI=1S/C14H16BrNO/c1-3-9-16(10-4-2)14(17)11-12-5-7-13(15)8-6-12/h3-8H,1-2,9-11H2. The van der Waals surface area contributed by atoms with Gasteiger partial charge in [-0.1, -0.05) is 40.2 Å². The van der Waals surface area contributed by atoms with E-state index >= 15 is 0 Å². The molecule has 2 nitrogen and oxygen atoms in total. The quantitative estimate of drug-likeness (QED) is 0.738. The summed E-state index contributed by atoms with van der Waals surface area (Å²) in [5.41, 5.74) is 1.01. The van der Waals surface area contributed by atoms with Crippen molar-refractivity contribution in [2.75, 3.05) is 13.1 Å². The Morgan fingerprint density at radius 3 is 2.18 bits per heavy atom. The Morgan fingerprint density at radius 2 is 1.71 bits per heavy atom. The van der Waals surface area contributed by atoms with Crippen LogP contribution in [-0.4, -0.2) is 23.9 Å². The van der Waals surface area contributed by atoms with Crippen molar-refractivity contribution in [1.29, 1.82) is 0 Å². The molecular weight excluding hydrogens is 278 g/mol. The Labute approximate surface area is 111 Å². The van der Waals surface area contributed by atoms with E-state index in [9.17, 15) is 4.79 Å². The second-order valence-corrected chi connectivity index (χ2v) is 4.59. The first-order valence-electron chi connectivity index (χ1n) is 5.41. The van der Waals surface area contributed by atoms with Gasteiger partial charge in [0, 0.05) is 17.6 Å². The molecule has 17 heavy (non-hydrogen) atoms. The van der Waals surface area contributed by atoms with Crippen LogP contribution < -0.4 is 0 Å². The second kappa shape index (κ2) is 7.07. The molecule has 0 saturated heterocycles. The molecule has 0 fully saturated rings. The lowest BCUT2D eigenvalue weighted by Crippen LogP contribution is -2.32. The zero-order chi connectivity index (χ0) is 12.7. The van der Waals surface area contributed by atoms with E-state index in [2.05, 4.69) is 29.1 Å². The third kappa shape index (κ3) is 4.57. The smallest absolute Gasteiger partial charge is 0.227 e. The first kappa shape index (κ1) is 13.7. The molecule has 0 spiro atoms. The first-order chi connectivity index (χ1) is 8.17. The highest BCUT2D eigenvalue weighted by molar-refractivity contribution is 9.10. The van der Waals surface area contributed by atoms with E-state index in [4.69, 9.17) is 0 Å². The third-order valence-electron chi connectivity index (χ3n) is 2.32. The van der Waals surface area contributed by atoms with Crippen LogP contribution in [0.2, 0.25) is 0 Å². The van der Waals surface area contributed by atoms with E-state index in [0.29, 0.717) is 19.5 Å². The van der Waals surface area contributed by atoms with Gasteiger partial charge in [-0.15, -0.1) is 13.2 Å². The van der Waals surface area contributed by atoms with Gasteiger partial charge in [-0.3, -0.25) is 4.79 Å². The molecule has 0 aromatic heterocycles. The summed E-state index contributed by atoms with van der Waals surface area (Å²) in [6.07, 6.45) is 3.86. The molecule has 0 heterocycles. The first-order valence-corrected chi connectivity index (χ1v) is 6.20. The number of halogens is 1. The van der Waals surface area contributed by atoms with Crippen LogP contribution in [0.1, 0.15) is 5.56 Å². The van der Waals surface area contributed by atoms with Gasteiger partial charge in [0.2, 0.25) is 5.91 Å². The summed E-state index contributed by atoms with van der Waals surface area (Å²) in [6.45, 7) is 8.41. The number of nitrogens with zero attached hydrogens (tertiary/aromatic N) is 1. The van der Waals surface area contributed by atoms with E-state index in [0.717, 1.165) is 10.0 Å². The van der Waals surface area contributed by atoms with Crippen molar-refractivity contribution in [2.24, 2.45) is 0 Å². The minimum atomic E-state index is 0.0899. The van der Waals surface area contributed by atoms with Crippen molar-refractivity contribution in [3.05, 3.63) is 59.6 Å². The summed E-state index contributed by atoms with van der Waals surface area (Å²) in [4.78, 5) is 13.7. The van der Waals surface area contributed by atoms with Gasteiger partial charge in [-0.25, -0.2) is 0 Å². The molecule has 0 atom stereocenters. The molecular formula is C14H16BrNO. The van der Waals surface area contributed by atoms with Gasteiger partial charge >= 0.3 is 0 Å². The van der Waals surface area contributed by atoms with Gasteiger partial charge < -0.3 is 4.90 Å². The SMILES string of the molecule is C=CCN(CC=C)C(=O)Cc1ccc(Br)cc1. The maximum atomic E-state index is 12.0. The lowest BCUT2D eigenvalue weighted by Gasteiger charge is -2.19. The highest BCUT2D eigenvalue weighted by Crippen LogP contribution is 2.11. The summed E-state index contributed by atoms with van der Waals surface area (Å²) < 4.78 is 1.02. The molecule has 1 amide bonds. The van der Waals surface area contributed by atoms with Crippen LogP contribution in [0, 0.1) is 0 Å². The fraction of sp³-hybridized carbons (Fsp3) is 0.214. The monoisotopic (exact) mass is 293 g/mol. The second-order valence-electron chi connectivity index (χ2n) is 3.68. The summed E-state index contributed by atoms with van der Waals surface area (Å²) in [5.74, 6) is 0.0899. The molecule has 0 aliphatic rings. The van der Waals surface area contributed by atoms with Gasteiger partial charge in [0.15, 0.2) is 0 Å². The van der Waals surface area contributed by atoms with Crippen molar-refractivity contribution in [3.8, 4) is 0 Å². The largest absolute Gasteiger partial charge is 0.335 e. The predicted octanol–water partition coefficient (Wildman–Crippen LogP) is 3.19. The predicted molar refractivity (Wildman–Crippen MR) is 74.8 cm³/mol. The Kier molecular flexibility index (Phi) is 5.70. The summed E-state index contributed by atoms with van der Waals surface area (Å²) >= 11 is 3.37. The number of rotatable bonds is 6. The molecule has 90 valence electrons. The Hall–Kier alpha value is -1.35. The highest BCUT2D eigenvalue weighted by atomic mass is 79.9. The summed E-state index contributed by atoms with van der Waals surface area (Å²) in [6, 6.07) is 7.77. The number of amides is 1. The summed E-state index contributed by atoms with van der Waals surface area (Å²) in [7, 11) is 0. The lowest BCUT2D eigenvalue weighted by atomic mass is 10.1. The third-order valence-corrected chi connectivity index (χ3v) is 2.85. The molecule has 1 aromatic carbocycles. The minimum Gasteiger partial charge on any atom is -0.335 e. The zero-order valence-corrected chi connectivity index (χ0v) is 11.3. The molecule has 0 aliphatic heterocycles. The molecule has 1 rings (SSSR count). The molecule has 3 heteroatoms. The molecule has 0 unspecified atom stereocenters. The fourth-order valence-electron chi connectivity index (χ4n) is 1.48. The van der Waals surface area contributed by atoms with Gasteiger partial charge in [0.05, 0.1) is 6.42 Å². The molecule has 0 radical (unpaired) electrons. The van der Waals surface area contributed by atoms with Crippen LogP contribution in [0.5, 0.6) is 0 Å². The molecule has 0 saturated carbocycles. The number of hydrogen-bond acceptors (Lipinski definition) is 1. The number of hydrogen-bond donors (Lipinski definition) is 0. The van der Waals surface area contributed by atoms with E-state index in [-0.39, 0.29) is 5.91 Å². The van der Waals surface area contributed by atoms with Gasteiger partial charge in [0.25, 0.3) is 0 Å². The normalized spacial score (nSPS) is 9.71. The van der Waals surface area contributed by atoms with Crippen molar-refractivity contribution < 1.29 is 4.79 Å². The molecule has 0 bridgehead atoms. The van der Waals surface area contributed by atoms with Crippen molar-refractivity contribution in [3.63, 3.8) is 0 Å². The number of carbonyl (C=O) groups excluding carboxylic acids is 1. The summed E-state index contributed by atoms with van der Waals surface area (Å²) in [5, 5.41) is 0. The van der Waals surface area contributed by atoms with Crippen LogP contribution in [0.15, 0.2) is 54.0 Å². The van der Waals surface area contributed by atoms with Crippen molar-refractivity contribution >= 4 is 21.8 Å². The van der Waals surface area contributed by atoms with Crippen molar-refractivity contribution in [1.82, 2.24) is 4.90 Å². The Morgan fingerprint density at radius 1 is 1.18 bits per heavy atom. The maximum absolute atomic E-state index is 12.0. The van der Waals surface area contributed by atoms with Crippen LogP contribution in [0.25, 0.3) is 0 Å². The molecule has 0 N–H and O–H groups in total. The van der Waals surface area contributed by atoms with Crippen LogP contribution in [0.3, 0.4) is 0 Å². The molecule has 0 aliphatic carbocycles. The zero-order valence-electron chi connectivity index (χ0n) is 9.73. The van der Waals surface area contributed by atoms with Crippen molar-refractivity contribution in [2.45, 2.75) is 6.42 Å². The van der Waals surface area contributed by atoms with Gasteiger partial charge in [-0.05, 0) is 17.7 Å². The van der Waals surface area contributed by atoms with Crippen LogP contribution >= 0.6 is 15.9 Å². The Bertz CT molecular complexity index is 387. The average molecular weight is 294 g/mol. The maximum Gasteiger partial charge on any atom is 0.227 e. The minimum absolute atomic E-state index is 0.0899. The van der Waals surface area contributed by atoms with E-state index < -0.39 is 0 Å². The fourth-order valence-corrected chi connectivity index (χ4v) is 1.74. The molecule has 1 aromatic rings. The lowest BCUT2D eigenvalue weighted by molar-refractivity contribution is -0.129. The topological polar surface area (TPSA) is 20.3 Å². The highest BCUT2D eigenvalue weighted by Gasteiger charge is 2.10. The number of benzene rings is 1. The van der Waals surface area contributed by atoms with E-state index in [1.807, 2.05) is 24.3 Å². The Balaban J connectivity index is 2.65. The average Bonchev–Trinajstić information content (AvgIpc) is 2.32. The van der Waals surface area contributed by atoms with Crippen LogP contribution in [-0.2, 0) is 11.2 Å². The number of carbonyl (C=O) groups is 1. The van der Waals surface area contributed by atoms with E-state index in [1.165, 1.54) is 0 Å².